The van der Waals surface area contributed by atoms with E-state index in [1.807, 2.05) is 0 Å². The minimum atomic E-state index is -0.410. The molecule has 0 aliphatic rings. The summed E-state index contributed by atoms with van der Waals surface area (Å²) >= 11 is 20.1. The molecule has 0 aromatic heterocycles. The summed E-state index contributed by atoms with van der Waals surface area (Å²) in [5, 5.41) is 6.86. The van der Waals surface area contributed by atoms with Gasteiger partial charge in [0.15, 0.2) is 5.11 Å². The number of thiocarbonyl (C=S) groups is 1. The van der Waals surface area contributed by atoms with Gasteiger partial charge in [-0.2, -0.15) is 0 Å². The molecular formula is C13H8BrCl2FN2S. The predicted molar refractivity (Wildman–Crippen MR) is 90.4 cm³/mol. The predicted octanol–water partition coefficient (Wildman–Crippen LogP) is 5.70. The number of hydrogen-bond donors (Lipinski definition) is 2. The van der Waals surface area contributed by atoms with Crippen LogP contribution in [0.15, 0.2) is 40.9 Å². The third-order valence-corrected chi connectivity index (χ3v) is 3.43. The van der Waals surface area contributed by atoms with Crippen molar-refractivity contribution in [2.24, 2.45) is 0 Å². The van der Waals surface area contributed by atoms with Gasteiger partial charge in [0.1, 0.15) is 5.82 Å². The van der Waals surface area contributed by atoms with Crippen LogP contribution in [0, 0.1) is 5.82 Å². The van der Waals surface area contributed by atoms with Crippen LogP contribution >= 0.6 is 51.3 Å². The van der Waals surface area contributed by atoms with E-state index in [4.69, 9.17) is 35.4 Å². The molecule has 2 aromatic carbocycles. The van der Waals surface area contributed by atoms with Crippen LogP contribution in [-0.4, -0.2) is 5.11 Å². The average molecular weight is 394 g/mol. The molecule has 2 N–H and O–H groups in total. The fourth-order valence-electron chi connectivity index (χ4n) is 1.50. The summed E-state index contributed by atoms with van der Waals surface area (Å²) in [7, 11) is 0. The van der Waals surface area contributed by atoms with E-state index < -0.39 is 5.82 Å². The monoisotopic (exact) mass is 392 g/mol. The lowest BCUT2D eigenvalue weighted by atomic mass is 10.3. The van der Waals surface area contributed by atoms with E-state index in [1.54, 1.807) is 30.3 Å². The lowest BCUT2D eigenvalue weighted by Crippen LogP contribution is -2.19. The second kappa shape index (κ2) is 6.72. The molecule has 2 aromatic rings. The Morgan fingerprint density at radius 1 is 1.05 bits per heavy atom. The smallest absolute Gasteiger partial charge is 0.175 e. The van der Waals surface area contributed by atoms with Crippen molar-refractivity contribution in [1.29, 1.82) is 0 Å². The molecule has 104 valence electrons. The first-order chi connectivity index (χ1) is 9.44. The molecule has 2 nitrogen and oxygen atoms in total. The number of hydrogen-bond acceptors (Lipinski definition) is 1. The van der Waals surface area contributed by atoms with E-state index >= 15 is 0 Å². The molecule has 2 rings (SSSR count). The summed E-state index contributed by atoms with van der Waals surface area (Å²) < 4.78 is 14.3. The van der Waals surface area contributed by atoms with Crippen LogP contribution in [0.4, 0.5) is 15.8 Å². The van der Waals surface area contributed by atoms with Gasteiger partial charge in [-0.3, -0.25) is 0 Å². The van der Waals surface area contributed by atoms with Crippen molar-refractivity contribution >= 4 is 67.8 Å². The molecule has 0 saturated heterocycles. The summed E-state index contributed by atoms with van der Waals surface area (Å²) in [4.78, 5) is 0. The fourth-order valence-corrected chi connectivity index (χ4v) is 2.59. The maximum atomic E-state index is 13.7. The number of rotatable bonds is 2. The Labute approximate surface area is 139 Å². The van der Waals surface area contributed by atoms with Crippen molar-refractivity contribution in [1.82, 2.24) is 0 Å². The van der Waals surface area contributed by atoms with Gasteiger partial charge in [0.05, 0.1) is 5.69 Å². The molecule has 0 fully saturated rings. The van der Waals surface area contributed by atoms with Crippen LogP contribution in [0.5, 0.6) is 0 Å². The van der Waals surface area contributed by atoms with Crippen molar-refractivity contribution < 1.29 is 4.39 Å². The zero-order valence-electron chi connectivity index (χ0n) is 9.88. The molecule has 0 spiro atoms. The van der Waals surface area contributed by atoms with E-state index in [-0.39, 0.29) is 10.8 Å². The summed E-state index contributed by atoms with van der Waals surface area (Å²) in [6, 6.07) is 9.59. The normalized spacial score (nSPS) is 10.2. The van der Waals surface area contributed by atoms with Crippen molar-refractivity contribution in [2.75, 3.05) is 10.6 Å². The second-order valence-electron chi connectivity index (χ2n) is 3.86. The highest BCUT2D eigenvalue weighted by molar-refractivity contribution is 9.10. The Morgan fingerprint density at radius 2 is 1.70 bits per heavy atom. The van der Waals surface area contributed by atoms with Crippen LogP contribution in [0.1, 0.15) is 0 Å². The summed E-state index contributed by atoms with van der Waals surface area (Å²) in [5.41, 5.74) is 0.899. The Morgan fingerprint density at radius 3 is 2.30 bits per heavy atom. The van der Waals surface area contributed by atoms with Gasteiger partial charge < -0.3 is 10.6 Å². The van der Waals surface area contributed by atoms with Crippen molar-refractivity contribution in [2.45, 2.75) is 0 Å². The van der Waals surface area contributed by atoms with E-state index in [0.29, 0.717) is 20.2 Å². The highest BCUT2D eigenvalue weighted by Gasteiger charge is 2.06. The zero-order valence-corrected chi connectivity index (χ0v) is 13.8. The molecule has 0 unspecified atom stereocenters. The Balaban J connectivity index is 2.09. The Hall–Kier alpha value is -0.880. The first kappa shape index (κ1) is 15.5. The van der Waals surface area contributed by atoms with Gasteiger partial charge in [0, 0.05) is 20.2 Å². The van der Waals surface area contributed by atoms with Gasteiger partial charge >= 0.3 is 0 Å². The minimum Gasteiger partial charge on any atom is -0.332 e. The topological polar surface area (TPSA) is 24.1 Å². The molecule has 0 heterocycles. The standard InChI is InChI=1S/C13H8BrCl2FN2S/c14-7-1-2-12(11(17)3-7)19-13(20)18-10-5-8(15)4-9(16)6-10/h1-6H,(H2,18,19,20). The maximum Gasteiger partial charge on any atom is 0.175 e. The third kappa shape index (κ3) is 4.31. The van der Waals surface area contributed by atoms with Gasteiger partial charge in [0.25, 0.3) is 0 Å². The van der Waals surface area contributed by atoms with Gasteiger partial charge in [-0.05, 0) is 48.6 Å². The number of halogens is 4. The fraction of sp³-hybridized carbons (Fsp3) is 0. The van der Waals surface area contributed by atoms with Crippen molar-refractivity contribution in [3.8, 4) is 0 Å². The van der Waals surface area contributed by atoms with E-state index in [9.17, 15) is 4.39 Å². The van der Waals surface area contributed by atoms with Crippen LogP contribution in [0.25, 0.3) is 0 Å². The van der Waals surface area contributed by atoms with Crippen LogP contribution < -0.4 is 10.6 Å². The van der Waals surface area contributed by atoms with E-state index in [0.717, 1.165) is 0 Å². The molecule has 0 aliphatic carbocycles. The molecule has 0 radical (unpaired) electrons. The maximum absolute atomic E-state index is 13.7. The first-order valence-corrected chi connectivity index (χ1v) is 7.39. The molecule has 0 atom stereocenters. The molecule has 7 heteroatoms. The van der Waals surface area contributed by atoms with Crippen molar-refractivity contribution in [3.63, 3.8) is 0 Å². The molecule has 0 aliphatic heterocycles. The largest absolute Gasteiger partial charge is 0.332 e. The van der Waals surface area contributed by atoms with E-state index in [1.165, 1.54) is 6.07 Å². The quantitative estimate of drug-likeness (QED) is 0.639. The van der Waals surface area contributed by atoms with Gasteiger partial charge in [-0.15, -0.1) is 0 Å². The number of benzene rings is 2. The zero-order chi connectivity index (χ0) is 14.7. The van der Waals surface area contributed by atoms with Crippen LogP contribution in [0.3, 0.4) is 0 Å². The molecule has 20 heavy (non-hydrogen) atoms. The lowest BCUT2D eigenvalue weighted by molar-refractivity contribution is 0.631. The molecule has 0 bridgehead atoms. The van der Waals surface area contributed by atoms with Crippen LogP contribution in [0.2, 0.25) is 10.0 Å². The number of anilines is 2. The van der Waals surface area contributed by atoms with Gasteiger partial charge in [-0.1, -0.05) is 39.1 Å². The minimum absolute atomic E-state index is 0.240. The Bertz CT molecular complexity index is 647. The third-order valence-electron chi connectivity index (χ3n) is 2.30. The van der Waals surface area contributed by atoms with Crippen LogP contribution in [-0.2, 0) is 0 Å². The SMILES string of the molecule is Fc1cc(Br)ccc1NC(=S)Nc1cc(Cl)cc(Cl)c1. The summed E-state index contributed by atoms with van der Waals surface area (Å²) in [5.74, 6) is -0.410. The summed E-state index contributed by atoms with van der Waals surface area (Å²) in [6.45, 7) is 0. The summed E-state index contributed by atoms with van der Waals surface area (Å²) in [6.07, 6.45) is 0. The van der Waals surface area contributed by atoms with Gasteiger partial charge in [-0.25, -0.2) is 4.39 Å². The molecular weight excluding hydrogens is 386 g/mol. The van der Waals surface area contributed by atoms with Crippen molar-refractivity contribution in [3.05, 3.63) is 56.7 Å². The van der Waals surface area contributed by atoms with Gasteiger partial charge in [0.2, 0.25) is 0 Å². The molecule has 0 amide bonds. The second-order valence-corrected chi connectivity index (χ2v) is 6.06. The van der Waals surface area contributed by atoms with E-state index in [2.05, 4.69) is 26.6 Å². The first-order valence-electron chi connectivity index (χ1n) is 5.43. The Kier molecular flexibility index (Phi) is 5.21. The highest BCUT2D eigenvalue weighted by Crippen LogP contribution is 2.23. The number of nitrogens with one attached hydrogen (secondary N) is 2. The average Bonchev–Trinajstić information content (AvgIpc) is 2.31. The highest BCUT2D eigenvalue weighted by atomic mass is 79.9. The lowest BCUT2D eigenvalue weighted by Gasteiger charge is -2.12. The molecule has 0 saturated carbocycles.